The first-order chi connectivity index (χ1) is 8.85. The smallest absolute Gasteiger partial charge is 0.233 e. The Kier molecular flexibility index (Phi) is 4.20. The molecule has 0 aliphatic heterocycles. The Labute approximate surface area is 106 Å². The fourth-order valence-corrected chi connectivity index (χ4v) is 1.61. The number of rotatable bonds is 6. The second-order valence-electron chi connectivity index (χ2n) is 3.66. The summed E-state index contributed by atoms with van der Waals surface area (Å²) in [7, 11) is 3.28. The van der Waals surface area contributed by atoms with Crippen LogP contribution in [0.2, 0.25) is 0 Å². The molecule has 0 unspecified atom stereocenters. The lowest BCUT2D eigenvalue weighted by Gasteiger charge is -2.05. The van der Waals surface area contributed by atoms with Gasteiger partial charge in [-0.05, 0) is 12.1 Å². The number of nitrogens with zero attached hydrogens (tertiary/aromatic N) is 1. The van der Waals surface area contributed by atoms with Gasteiger partial charge in [-0.25, -0.2) is 0 Å². The second kappa shape index (κ2) is 6.07. The first-order valence-electron chi connectivity index (χ1n) is 5.65. The Morgan fingerprint density at radius 1 is 1.17 bits per heavy atom. The van der Waals surface area contributed by atoms with Crippen LogP contribution < -0.4 is 9.47 Å². The van der Waals surface area contributed by atoms with E-state index in [1.54, 1.807) is 14.2 Å². The maximum atomic E-state index is 5.41. The fourth-order valence-electron chi connectivity index (χ4n) is 1.61. The third kappa shape index (κ3) is 2.81. The topological polar surface area (TPSA) is 56.4 Å². The molecule has 96 valence electrons. The number of H-pyrrole nitrogens is 1. The Bertz CT molecular complexity index is 496. The summed E-state index contributed by atoms with van der Waals surface area (Å²) in [6.07, 6.45) is 0. The number of benzene rings is 1. The number of aromatic nitrogens is 2. The van der Waals surface area contributed by atoms with Gasteiger partial charge in [0.25, 0.3) is 0 Å². The van der Waals surface area contributed by atoms with Gasteiger partial charge in [-0.1, -0.05) is 12.1 Å². The molecule has 2 rings (SSSR count). The van der Waals surface area contributed by atoms with Gasteiger partial charge in [0.1, 0.15) is 12.4 Å². The van der Waals surface area contributed by atoms with Crippen LogP contribution >= 0.6 is 0 Å². The highest BCUT2D eigenvalue weighted by Crippen LogP contribution is 2.29. The zero-order valence-electron chi connectivity index (χ0n) is 10.5. The highest BCUT2D eigenvalue weighted by atomic mass is 16.5. The van der Waals surface area contributed by atoms with Crippen LogP contribution in [0.5, 0.6) is 11.6 Å². The number of ether oxygens (including phenoxy) is 3. The summed E-state index contributed by atoms with van der Waals surface area (Å²) in [5.41, 5.74) is 1.81. The average molecular weight is 248 g/mol. The zero-order valence-corrected chi connectivity index (χ0v) is 10.5. The fraction of sp³-hybridized carbons (Fsp3) is 0.308. The molecule has 0 atom stereocenters. The van der Waals surface area contributed by atoms with Crippen LogP contribution in [0.15, 0.2) is 30.3 Å². The Hall–Kier alpha value is -2.01. The van der Waals surface area contributed by atoms with E-state index in [1.807, 2.05) is 30.3 Å². The number of hydrogen-bond acceptors (Lipinski definition) is 4. The predicted octanol–water partition coefficient (Wildman–Crippen LogP) is 2.11. The van der Waals surface area contributed by atoms with Crippen molar-refractivity contribution in [3.8, 4) is 22.9 Å². The Morgan fingerprint density at radius 3 is 2.78 bits per heavy atom. The molecule has 1 heterocycles. The second-order valence-corrected chi connectivity index (χ2v) is 3.66. The molecule has 0 saturated carbocycles. The van der Waals surface area contributed by atoms with Gasteiger partial charge in [0.2, 0.25) is 5.88 Å². The summed E-state index contributed by atoms with van der Waals surface area (Å²) in [5, 5.41) is 7.01. The van der Waals surface area contributed by atoms with Gasteiger partial charge in [0.15, 0.2) is 0 Å². The van der Waals surface area contributed by atoms with E-state index >= 15 is 0 Å². The summed E-state index contributed by atoms with van der Waals surface area (Å²) in [5.74, 6) is 1.34. The summed E-state index contributed by atoms with van der Waals surface area (Å²) in [4.78, 5) is 0. The molecule has 0 fully saturated rings. The van der Waals surface area contributed by atoms with Gasteiger partial charge < -0.3 is 14.2 Å². The Balaban J connectivity index is 2.13. The minimum absolute atomic E-state index is 0.479. The van der Waals surface area contributed by atoms with Crippen molar-refractivity contribution in [2.24, 2.45) is 0 Å². The summed E-state index contributed by atoms with van der Waals surface area (Å²) >= 11 is 0. The highest BCUT2D eigenvalue weighted by Gasteiger charge is 2.08. The van der Waals surface area contributed by atoms with Crippen molar-refractivity contribution < 1.29 is 14.2 Å². The number of nitrogens with one attached hydrogen (secondary N) is 1. The predicted molar refractivity (Wildman–Crippen MR) is 67.9 cm³/mol. The van der Waals surface area contributed by atoms with Crippen LogP contribution in [0.1, 0.15) is 0 Å². The summed E-state index contributed by atoms with van der Waals surface area (Å²) < 4.78 is 15.6. The minimum atomic E-state index is 0.479. The van der Waals surface area contributed by atoms with Crippen molar-refractivity contribution in [3.63, 3.8) is 0 Å². The maximum absolute atomic E-state index is 5.41. The van der Waals surface area contributed by atoms with Crippen LogP contribution in [0.4, 0.5) is 0 Å². The molecule has 0 spiro atoms. The van der Waals surface area contributed by atoms with E-state index in [1.165, 1.54) is 0 Å². The molecule has 0 saturated heterocycles. The van der Waals surface area contributed by atoms with Crippen molar-refractivity contribution in [1.82, 2.24) is 10.2 Å². The van der Waals surface area contributed by atoms with E-state index in [-0.39, 0.29) is 0 Å². The summed E-state index contributed by atoms with van der Waals surface area (Å²) in [6.45, 7) is 1.02. The molecule has 1 aromatic heterocycles. The third-order valence-corrected chi connectivity index (χ3v) is 2.49. The van der Waals surface area contributed by atoms with Crippen molar-refractivity contribution in [2.75, 3.05) is 27.4 Å². The van der Waals surface area contributed by atoms with Gasteiger partial charge in [0.05, 0.1) is 19.4 Å². The number of methoxy groups -OCH3 is 2. The first-order valence-corrected chi connectivity index (χ1v) is 5.65. The molecule has 0 aliphatic rings. The van der Waals surface area contributed by atoms with Crippen molar-refractivity contribution in [2.45, 2.75) is 0 Å². The van der Waals surface area contributed by atoms with Gasteiger partial charge in [0, 0.05) is 18.7 Å². The van der Waals surface area contributed by atoms with E-state index in [2.05, 4.69) is 10.2 Å². The number of aromatic amines is 1. The summed E-state index contributed by atoms with van der Waals surface area (Å²) in [6, 6.07) is 9.58. The Morgan fingerprint density at radius 2 is 2.00 bits per heavy atom. The standard InChI is InChI=1S/C13H16N2O3/c1-16-7-8-18-13-9-11(14-15-13)10-5-3-4-6-12(10)17-2/h3-6,9H,7-8H2,1-2H3,(H,14,15). The number of hydrogen-bond donors (Lipinski definition) is 1. The van der Waals surface area contributed by atoms with E-state index in [9.17, 15) is 0 Å². The minimum Gasteiger partial charge on any atom is -0.496 e. The van der Waals surface area contributed by atoms with Gasteiger partial charge >= 0.3 is 0 Å². The SMILES string of the molecule is COCCOc1cc(-c2ccccc2OC)[nH]n1. The van der Waals surface area contributed by atoms with E-state index in [4.69, 9.17) is 14.2 Å². The van der Waals surface area contributed by atoms with Crippen LogP contribution in [-0.4, -0.2) is 37.6 Å². The molecule has 0 radical (unpaired) electrons. The zero-order chi connectivity index (χ0) is 12.8. The maximum Gasteiger partial charge on any atom is 0.233 e. The molecule has 0 bridgehead atoms. The molecular formula is C13H16N2O3. The molecule has 5 nitrogen and oxygen atoms in total. The van der Waals surface area contributed by atoms with E-state index in [0.717, 1.165) is 17.0 Å². The molecule has 0 amide bonds. The van der Waals surface area contributed by atoms with Gasteiger partial charge in [-0.2, -0.15) is 0 Å². The lowest BCUT2D eigenvalue weighted by molar-refractivity contribution is 0.143. The molecule has 5 heteroatoms. The van der Waals surface area contributed by atoms with Crippen molar-refractivity contribution in [1.29, 1.82) is 0 Å². The third-order valence-electron chi connectivity index (χ3n) is 2.49. The van der Waals surface area contributed by atoms with Crippen LogP contribution in [-0.2, 0) is 4.74 Å². The average Bonchev–Trinajstić information content (AvgIpc) is 2.88. The van der Waals surface area contributed by atoms with Crippen molar-refractivity contribution >= 4 is 0 Å². The van der Waals surface area contributed by atoms with Crippen LogP contribution in [0.25, 0.3) is 11.3 Å². The molecule has 0 aliphatic carbocycles. The largest absolute Gasteiger partial charge is 0.496 e. The van der Waals surface area contributed by atoms with E-state index in [0.29, 0.717) is 19.1 Å². The first kappa shape index (κ1) is 12.4. The normalized spacial score (nSPS) is 10.3. The molecule has 1 N–H and O–H groups in total. The highest BCUT2D eigenvalue weighted by molar-refractivity contribution is 5.67. The lowest BCUT2D eigenvalue weighted by atomic mass is 10.1. The molecule has 1 aromatic carbocycles. The number of para-hydroxylation sites is 1. The van der Waals surface area contributed by atoms with E-state index < -0.39 is 0 Å². The molecule has 18 heavy (non-hydrogen) atoms. The van der Waals surface area contributed by atoms with Crippen molar-refractivity contribution in [3.05, 3.63) is 30.3 Å². The monoisotopic (exact) mass is 248 g/mol. The quantitative estimate of drug-likeness (QED) is 0.795. The lowest BCUT2D eigenvalue weighted by Crippen LogP contribution is -2.04. The molecule has 2 aromatic rings. The van der Waals surface area contributed by atoms with Gasteiger partial charge in [-0.15, -0.1) is 5.10 Å². The van der Waals surface area contributed by atoms with Gasteiger partial charge in [-0.3, -0.25) is 5.10 Å². The van der Waals surface area contributed by atoms with Crippen LogP contribution in [0, 0.1) is 0 Å². The van der Waals surface area contributed by atoms with Crippen LogP contribution in [0.3, 0.4) is 0 Å². The molecular weight excluding hydrogens is 232 g/mol.